The summed E-state index contributed by atoms with van der Waals surface area (Å²) in [5.74, 6) is -0.348. The quantitative estimate of drug-likeness (QED) is 0.266. The maximum absolute atomic E-state index is 14.5. The number of nitrogens with two attached hydrogens (primary N) is 1. The molecule has 1 aliphatic heterocycles. The summed E-state index contributed by atoms with van der Waals surface area (Å²) in [5, 5.41) is 0.0595. The van der Waals surface area contributed by atoms with Crippen molar-refractivity contribution in [2.24, 2.45) is 17.6 Å². The largest absolute Gasteiger partial charge is 0.337 e. The molecule has 0 spiro atoms. The molecule has 2 fully saturated rings. The number of hydrogen-bond donors (Lipinski definition) is 1. The Hall–Kier alpha value is -3.99. The number of aromatic nitrogens is 3. The van der Waals surface area contributed by atoms with Crippen LogP contribution in [0.15, 0.2) is 70.4 Å². The SMILES string of the molecule is CC(C)[C@@H](N)C(=O)CC1CCC(n2c(=O)c3cc(F)cnc3n(-c3cccc(-c4ccc(CN5CCCN(C)CC5)cc4)c3)c2=O)CC1. The minimum Gasteiger partial charge on any atom is -0.321 e. The van der Waals surface area contributed by atoms with E-state index in [0.717, 1.165) is 50.0 Å². The van der Waals surface area contributed by atoms with E-state index in [2.05, 4.69) is 46.1 Å². The molecule has 10 heteroatoms. The van der Waals surface area contributed by atoms with Crippen LogP contribution in [0, 0.1) is 17.7 Å². The number of benzene rings is 2. The van der Waals surface area contributed by atoms with Crippen molar-refractivity contribution in [3.05, 3.63) is 93.0 Å². The topological polar surface area (TPSA) is 106 Å². The van der Waals surface area contributed by atoms with E-state index in [0.29, 0.717) is 37.8 Å². The molecule has 6 rings (SSSR count). The summed E-state index contributed by atoms with van der Waals surface area (Å²) in [6, 6.07) is 16.4. The van der Waals surface area contributed by atoms with Gasteiger partial charge in [-0.05, 0) is 99.0 Å². The molecule has 0 amide bonds. The number of Topliss-reactive ketones (excluding diaryl/α,β-unsaturated/α-hetero) is 1. The van der Waals surface area contributed by atoms with Crippen molar-refractivity contribution < 1.29 is 9.18 Å². The Kier molecular flexibility index (Phi) is 10.3. The number of rotatable bonds is 9. The number of likely N-dealkylation sites (N-methyl/N-ethyl adjacent to an activating group) is 1. The predicted octanol–water partition coefficient (Wildman–Crippen LogP) is 5.16. The van der Waals surface area contributed by atoms with Crippen LogP contribution in [0.25, 0.3) is 27.8 Å². The summed E-state index contributed by atoms with van der Waals surface area (Å²) in [5.41, 5.74) is 8.90. The number of pyridine rings is 1. The summed E-state index contributed by atoms with van der Waals surface area (Å²) in [4.78, 5) is 49.8. The summed E-state index contributed by atoms with van der Waals surface area (Å²) in [6.45, 7) is 9.13. The molecule has 9 nitrogen and oxygen atoms in total. The molecule has 2 aromatic heterocycles. The van der Waals surface area contributed by atoms with Crippen LogP contribution in [0.1, 0.15) is 64.0 Å². The van der Waals surface area contributed by atoms with Gasteiger partial charge in [0.25, 0.3) is 5.56 Å². The second-order valence-electron chi connectivity index (χ2n) is 14.1. The van der Waals surface area contributed by atoms with E-state index >= 15 is 0 Å². The molecule has 254 valence electrons. The molecule has 0 radical (unpaired) electrons. The van der Waals surface area contributed by atoms with Crippen molar-refractivity contribution in [1.82, 2.24) is 23.9 Å². The number of carbonyl (C=O) groups is 1. The third-order valence-electron chi connectivity index (χ3n) is 10.3. The van der Waals surface area contributed by atoms with Crippen LogP contribution in [0.5, 0.6) is 0 Å². The van der Waals surface area contributed by atoms with Gasteiger partial charge < -0.3 is 10.6 Å². The summed E-state index contributed by atoms with van der Waals surface area (Å²) in [7, 11) is 2.17. The molecule has 1 aliphatic carbocycles. The first kappa shape index (κ1) is 33.9. The Labute approximate surface area is 281 Å². The molecular weight excluding hydrogens is 607 g/mol. The van der Waals surface area contributed by atoms with Gasteiger partial charge in [0.15, 0.2) is 5.65 Å². The van der Waals surface area contributed by atoms with Crippen LogP contribution < -0.4 is 17.0 Å². The Morgan fingerprint density at radius 3 is 2.44 bits per heavy atom. The molecule has 48 heavy (non-hydrogen) atoms. The maximum atomic E-state index is 14.5. The average molecular weight is 655 g/mol. The zero-order valence-electron chi connectivity index (χ0n) is 28.3. The first-order chi connectivity index (χ1) is 23.1. The lowest BCUT2D eigenvalue weighted by molar-refractivity contribution is -0.122. The highest BCUT2D eigenvalue weighted by atomic mass is 19.1. The first-order valence-electron chi connectivity index (χ1n) is 17.3. The second kappa shape index (κ2) is 14.6. The van der Waals surface area contributed by atoms with Crippen LogP contribution in [0.3, 0.4) is 0 Å². The maximum Gasteiger partial charge on any atom is 0.337 e. The van der Waals surface area contributed by atoms with Gasteiger partial charge in [-0.3, -0.25) is 19.1 Å². The molecule has 3 heterocycles. The first-order valence-corrected chi connectivity index (χ1v) is 17.3. The van der Waals surface area contributed by atoms with Gasteiger partial charge >= 0.3 is 5.69 Å². The van der Waals surface area contributed by atoms with Crippen molar-refractivity contribution in [3.63, 3.8) is 0 Å². The van der Waals surface area contributed by atoms with Gasteiger partial charge in [0.05, 0.1) is 23.3 Å². The van der Waals surface area contributed by atoms with E-state index in [1.165, 1.54) is 27.2 Å². The highest BCUT2D eigenvalue weighted by Crippen LogP contribution is 2.34. The monoisotopic (exact) mass is 654 g/mol. The molecule has 1 saturated carbocycles. The van der Waals surface area contributed by atoms with E-state index in [1.54, 1.807) is 0 Å². The van der Waals surface area contributed by atoms with Gasteiger partial charge in [0.1, 0.15) is 11.6 Å². The lowest BCUT2D eigenvalue weighted by atomic mass is 9.81. The van der Waals surface area contributed by atoms with Crippen molar-refractivity contribution in [1.29, 1.82) is 0 Å². The third-order valence-corrected chi connectivity index (χ3v) is 10.3. The van der Waals surface area contributed by atoms with Gasteiger partial charge in [0, 0.05) is 32.1 Å². The van der Waals surface area contributed by atoms with Gasteiger partial charge in [-0.25, -0.2) is 18.7 Å². The smallest absolute Gasteiger partial charge is 0.321 e. The average Bonchev–Trinajstić information content (AvgIpc) is 3.29. The van der Waals surface area contributed by atoms with E-state index in [1.807, 2.05) is 38.1 Å². The van der Waals surface area contributed by atoms with Gasteiger partial charge in [-0.1, -0.05) is 50.2 Å². The lowest BCUT2D eigenvalue weighted by Gasteiger charge is -2.30. The predicted molar refractivity (Wildman–Crippen MR) is 188 cm³/mol. The fourth-order valence-corrected chi connectivity index (χ4v) is 7.28. The lowest BCUT2D eigenvalue weighted by Crippen LogP contribution is -2.43. The minimum atomic E-state index is -0.638. The van der Waals surface area contributed by atoms with Crippen LogP contribution in [-0.2, 0) is 11.3 Å². The van der Waals surface area contributed by atoms with E-state index < -0.39 is 23.1 Å². The standard InChI is InChI=1S/C38H47FN6O3/c1-25(2)35(40)34(46)20-26-10-14-31(15-11-26)45-37(47)33-22-30(39)23-41-36(33)44(38(45)48)32-7-4-6-29(21-32)28-12-8-27(9-13-28)24-43-17-5-16-42(3)18-19-43/h4,6-9,12-13,21-23,25-26,31,35H,5,10-11,14-20,24,40H2,1-3H3/t26?,31?,35-/m1/s1. The molecule has 2 aromatic carbocycles. The van der Waals surface area contributed by atoms with Crippen LogP contribution >= 0.6 is 0 Å². The Morgan fingerprint density at radius 1 is 0.958 bits per heavy atom. The van der Waals surface area contributed by atoms with Gasteiger partial charge in [0.2, 0.25) is 0 Å². The van der Waals surface area contributed by atoms with Crippen molar-refractivity contribution in [3.8, 4) is 16.8 Å². The van der Waals surface area contributed by atoms with Gasteiger partial charge in [-0.2, -0.15) is 0 Å². The molecule has 2 aliphatic rings. The Morgan fingerprint density at radius 2 is 1.71 bits per heavy atom. The highest BCUT2D eigenvalue weighted by Gasteiger charge is 2.30. The summed E-state index contributed by atoms with van der Waals surface area (Å²) in [6.07, 6.45) is 5.15. The highest BCUT2D eigenvalue weighted by molar-refractivity contribution is 5.84. The van der Waals surface area contributed by atoms with Crippen LogP contribution in [0.2, 0.25) is 0 Å². The molecule has 0 bridgehead atoms. The summed E-state index contributed by atoms with van der Waals surface area (Å²) >= 11 is 0. The zero-order valence-corrected chi connectivity index (χ0v) is 28.3. The second-order valence-corrected chi connectivity index (χ2v) is 14.1. The van der Waals surface area contributed by atoms with E-state index in [9.17, 15) is 18.8 Å². The molecule has 1 atom stereocenters. The van der Waals surface area contributed by atoms with E-state index in [-0.39, 0.29) is 34.7 Å². The number of nitrogens with zero attached hydrogens (tertiary/aromatic N) is 5. The normalized spacial score (nSPS) is 20.2. The molecule has 1 saturated heterocycles. The van der Waals surface area contributed by atoms with Crippen molar-refractivity contribution >= 4 is 16.8 Å². The van der Waals surface area contributed by atoms with Crippen molar-refractivity contribution in [2.45, 2.75) is 71.0 Å². The molecule has 0 unspecified atom stereocenters. The fourth-order valence-electron chi connectivity index (χ4n) is 7.28. The van der Waals surface area contributed by atoms with Crippen molar-refractivity contribution in [2.75, 3.05) is 33.2 Å². The number of hydrogen-bond acceptors (Lipinski definition) is 7. The van der Waals surface area contributed by atoms with Crippen LogP contribution in [0.4, 0.5) is 4.39 Å². The minimum absolute atomic E-state index is 0.0557. The van der Waals surface area contributed by atoms with Crippen LogP contribution in [-0.4, -0.2) is 69.0 Å². The summed E-state index contributed by atoms with van der Waals surface area (Å²) < 4.78 is 17.2. The number of fused-ring (bicyclic) bond motifs is 1. The van der Waals surface area contributed by atoms with E-state index in [4.69, 9.17) is 5.73 Å². The Balaban J connectivity index is 1.28. The number of halogens is 1. The molecular formula is C38H47FN6O3. The number of carbonyl (C=O) groups excluding carboxylic acids is 1. The number of ketones is 1. The zero-order chi connectivity index (χ0) is 33.9. The third kappa shape index (κ3) is 7.36. The molecule has 2 N–H and O–H groups in total. The Bertz CT molecular complexity index is 1880. The fraction of sp³-hybridized carbons (Fsp3) is 0.474. The molecule has 4 aromatic rings. The van der Waals surface area contributed by atoms with Gasteiger partial charge in [-0.15, -0.1) is 0 Å².